The van der Waals surface area contributed by atoms with Crippen molar-refractivity contribution < 1.29 is 4.74 Å². The molecule has 0 unspecified atom stereocenters. The van der Waals surface area contributed by atoms with E-state index in [4.69, 9.17) is 39.5 Å². The van der Waals surface area contributed by atoms with Crippen molar-refractivity contribution in [1.82, 2.24) is 0 Å². The summed E-state index contributed by atoms with van der Waals surface area (Å²) in [5.74, 6) is 0. The van der Waals surface area contributed by atoms with Gasteiger partial charge in [-0.1, -0.05) is 74.3 Å². The molecule has 0 aromatic rings. The number of hydrogen-bond acceptors (Lipinski definition) is 1. The van der Waals surface area contributed by atoms with E-state index < -0.39 is 4.30 Å². The van der Waals surface area contributed by atoms with Crippen LogP contribution in [0.3, 0.4) is 0 Å². The number of unbranched alkanes of at least 4 members (excludes halogenated alkanes) is 3. The molecule has 1 nitrogen and oxygen atoms in total. The van der Waals surface area contributed by atoms with Gasteiger partial charge < -0.3 is 4.74 Å². The zero-order chi connectivity index (χ0) is 11.9. The number of alkyl halides is 3. The maximum atomic E-state index is 4.94. The molecular formula is C11H23Cl3O. The molecular weight excluding hydrogens is 254 g/mol. The average Bonchev–Trinajstić information content (AvgIpc) is 2.71. The minimum absolute atomic E-state index is 0.750. The first kappa shape index (κ1) is 18.2. The Morgan fingerprint density at radius 2 is 1.27 bits per heavy atom. The van der Waals surface area contributed by atoms with Crippen molar-refractivity contribution >= 4 is 34.8 Å². The molecule has 0 aromatic carbocycles. The van der Waals surface area contributed by atoms with Crippen LogP contribution in [0.1, 0.15) is 52.4 Å². The fourth-order valence-electron chi connectivity index (χ4n) is 1.01. The van der Waals surface area contributed by atoms with Gasteiger partial charge in [-0.05, 0) is 12.8 Å². The number of rotatable bonds is 3. The molecule has 0 aliphatic carbocycles. The van der Waals surface area contributed by atoms with Crippen LogP contribution in [0, 0.1) is 0 Å². The smallest absolute Gasteiger partial charge is 0.180 e. The molecule has 15 heavy (non-hydrogen) atoms. The predicted octanol–water partition coefficient (Wildman–Crippen LogP) is 5.37. The van der Waals surface area contributed by atoms with Crippen molar-refractivity contribution in [1.29, 1.82) is 0 Å². The Bertz CT molecular complexity index is 81.5. The third-order valence-corrected chi connectivity index (χ3v) is 1.78. The summed E-state index contributed by atoms with van der Waals surface area (Å²) < 4.78 is 4.19. The highest BCUT2D eigenvalue weighted by atomic mass is 35.6. The molecule has 1 aliphatic rings. The van der Waals surface area contributed by atoms with Crippen molar-refractivity contribution in [3.8, 4) is 0 Å². The number of ether oxygens (including phenoxy) is 1. The first-order valence-corrected chi connectivity index (χ1v) is 6.96. The van der Waals surface area contributed by atoms with Crippen LogP contribution in [0.2, 0.25) is 0 Å². The standard InChI is InChI=1S/C6H14.C4H8O.CHCl3/c1-3-5-6-4-2;1-2-4-5-3-1;2-1(3)4/h3-6H2,1-2H3;1-4H2;1H. The highest BCUT2D eigenvalue weighted by Gasteiger charge is 1.94. The van der Waals surface area contributed by atoms with Gasteiger partial charge in [-0.2, -0.15) is 0 Å². The summed E-state index contributed by atoms with van der Waals surface area (Å²) in [6.07, 6.45) is 8.09. The molecule has 0 spiro atoms. The third kappa shape index (κ3) is 31.3. The largest absolute Gasteiger partial charge is 0.381 e. The van der Waals surface area contributed by atoms with Crippen molar-refractivity contribution in [2.75, 3.05) is 13.2 Å². The molecule has 0 N–H and O–H groups in total. The molecule has 94 valence electrons. The van der Waals surface area contributed by atoms with Crippen molar-refractivity contribution in [2.45, 2.75) is 56.7 Å². The van der Waals surface area contributed by atoms with Crippen LogP contribution in [0.5, 0.6) is 0 Å². The summed E-state index contributed by atoms with van der Waals surface area (Å²) in [4.78, 5) is 0. The monoisotopic (exact) mass is 276 g/mol. The summed E-state index contributed by atoms with van der Waals surface area (Å²) >= 11 is 14.4. The Kier molecular flexibility index (Phi) is 20.9. The van der Waals surface area contributed by atoms with E-state index in [1.54, 1.807) is 0 Å². The molecule has 1 fully saturated rings. The van der Waals surface area contributed by atoms with Crippen LogP contribution >= 0.6 is 34.8 Å². The van der Waals surface area contributed by atoms with Crippen molar-refractivity contribution in [3.05, 3.63) is 0 Å². The lowest BCUT2D eigenvalue weighted by atomic mass is 10.2. The maximum absolute atomic E-state index is 4.94. The molecule has 0 saturated carbocycles. The van der Waals surface area contributed by atoms with Gasteiger partial charge in [0, 0.05) is 13.2 Å². The first-order chi connectivity index (χ1) is 7.15. The molecule has 4 heteroatoms. The van der Waals surface area contributed by atoms with Crippen LogP contribution in [0.15, 0.2) is 0 Å². The van der Waals surface area contributed by atoms with Gasteiger partial charge in [0.2, 0.25) is 0 Å². The zero-order valence-electron chi connectivity index (χ0n) is 9.78. The molecule has 0 aromatic heterocycles. The Morgan fingerprint density at radius 1 is 0.933 bits per heavy atom. The minimum atomic E-state index is -0.750. The molecule has 0 atom stereocenters. The van der Waals surface area contributed by atoms with Gasteiger partial charge in [0.1, 0.15) is 0 Å². The number of halogens is 3. The quantitative estimate of drug-likeness (QED) is 0.498. The maximum Gasteiger partial charge on any atom is 0.180 e. The van der Waals surface area contributed by atoms with Crippen LogP contribution in [-0.2, 0) is 4.74 Å². The van der Waals surface area contributed by atoms with Gasteiger partial charge in [0.25, 0.3) is 0 Å². The molecule has 1 aliphatic heterocycles. The summed E-state index contributed by atoms with van der Waals surface area (Å²) in [7, 11) is 0. The Morgan fingerprint density at radius 3 is 1.40 bits per heavy atom. The second kappa shape index (κ2) is 17.2. The molecule has 1 rings (SSSR count). The van der Waals surface area contributed by atoms with Crippen molar-refractivity contribution in [2.24, 2.45) is 0 Å². The van der Waals surface area contributed by atoms with E-state index in [-0.39, 0.29) is 0 Å². The molecule has 0 amide bonds. The third-order valence-electron chi connectivity index (χ3n) is 1.78. The highest BCUT2D eigenvalue weighted by molar-refractivity contribution is 6.63. The van der Waals surface area contributed by atoms with Crippen LogP contribution in [-0.4, -0.2) is 17.5 Å². The highest BCUT2D eigenvalue weighted by Crippen LogP contribution is 2.03. The summed E-state index contributed by atoms with van der Waals surface area (Å²) in [5, 5.41) is 0. The van der Waals surface area contributed by atoms with Gasteiger partial charge in [0.15, 0.2) is 4.30 Å². The lowest BCUT2D eigenvalue weighted by molar-refractivity contribution is 0.198. The average molecular weight is 278 g/mol. The number of hydrogen-bond donors (Lipinski definition) is 0. The summed E-state index contributed by atoms with van der Waals surface area (Å²) in [6, 6.07) is 0. The topological polar surface area (TPSA) is 9.23 Å². The van der Waals surface area contributed by atoms with E-state index in [1.807, 2.05) is 0 Å². The predicted molar refractivity (Wildman–Crippen MR) is 71.2 cm³/mol. The fraction of sp³-hybridized carbons (Fsp3) is 1.00. The lowest BCUT2D eigenvalue weighted by Crippen LogP contribution is -1.74. The Balaban J connectivity index is 0. The van der Waals surface area contributed by atoms with E-state index in [9.17, 15) is 0 Å². The molecule has 1 heterocycles. The van der Waals surface area contributed by atoms with Gasteiger partial charge in [-0.15, -0.1) is 0 Å². The molecule has 0 radical (unpaired) electrons. The van der Waals surface area contributed by atoms with E-state index in [1.165, 1.54) is 38.5 Å². The van der Waals surface area contributed by atoms with E-state index in [0.717, 1.165) is 13.2 Å². The van der Waals surface area contributed by atoms with Crippen LogP contribution < -0.4 is 0 Å². The van der Waals surface area contributed by atoms with Crippen LogP contribution in [0.4, 0.5) is 0 Å². The normalized spacial score (nSPS) is 14.0. The lowest BCUT2D eigenvalue weighted by Gasteiger charge is -1.86. The summed E-state index contributed by atoms with van der Waals surface area (Å²) in [5.41, 5.74) is 0. The second-order valence-corrected chi connectivity index (χ2v) is 5.25. The zero-order valence-corrected chi connectivity index (χ0v) is 12.0. The Hall–Kier alpha value is 0.830. The minimum Gasteiger partial charge on any atom is -0.381 e. The Labute approximate surface area is 109 Å². The van der Waals surface area contributed by atoms with E-state index >= 15 is 0 Å². The molecule has 0 bridgehead atoms. The first-order valence-electron chi connectivity index (χ1n) is 5.65. The van der Waals surface area contributed by atoms with Crippen LogP contribution in [0.25, 0.3) is 0 Å². The van der Waals surface area contributed by atoms with Gasteiger partial charge >= 0.3 is 0 Å². The molecule has 1 saturated heterocycles. The summed E-state index contributed by atoms with van der Waals surface area (Å²) in [6.45, 7) is 6.46. The van der Waals surface area contributed by atoms with Gasteiger partial charge in [-0.25, -0.2) is 0 Å². The van der Waals surface area contributed by atoms with Gasteiger partial charge in [-0.3, -0.25) is 0 Å². The second-order valence-electron chi connectivity index (χ2n) is 3.27. The van der Waals surface area contributed by atoms with Crippen molar-refractivity contribution in [3.63, 3.8) is 0 Å². The van der Waals surface area contributed by atoms with E-state index in [0.29, 0.717) is 0 Å². The van der Waals surface area contributed by atoms with E-state index in [2.05, 4.69) is 13.8 Å². The van der Waals surface area contributed by atoms with Gasteiger partial charge in [0.05, 0.1) is 0 Å². The fourth-order valence-corrected chi connectivity index (χ4v) is 1.01. The SMILES string of the molecule is C1CCOC1.CCCCCC.ClC(Cl)Cl.